The number of fused-ring (bicyclic) bond motifs is 1. The lowest BCUT2D eigenvalue weighted by Crippen LogP contribution is -2.36. The van der Waals surface area contributed by atoms with E-state index >= 15 is 0 Å². The predicted molar refractivity (Wildman–Crippen MR) is 70.1 cm³/mol. The molecular weight excluding hydrogens is 226 g/mol. The Bertz CT molecular complexity index is 368. The quantitative estimate of drug-likeness (QED) is 0.800. The molecule has 2 aliphatic heterocycles. The maximum absolute atomic E-state index is 5.81. The molecule has 2 atom stereocenters. The summed E-state index contributed by atoms with van der Waals surface area (Å²) in [6.07, 6.45) is 2.44. The minimum absolute atomic E-state index is 0.0412. The fourth-order valence-corrected chi connectivity index (χ4v) is 2.88. The molecular formula is C15H21NO2. The lowest BCUT2D eigenvalue weighted by Gasteiger charge is -2.31. The van der Waals surface area contributed by atoms with Crippen molar-refractivity contribution in [1.82, 2.24) is 4.90 Å². The molecule has 2 saturated heterocycles. The van der Waals surface area contributed by atoms with Gasteiger partial charge in [-0.1, -0.05) is 30.3 Å². The van der Waals surface area contributed by atoms with Crippen LogP contribution in [0.4, 0.5) is 0 Å². The summed E-state index contributed by atoms with van der Waals surface area (Å²) in [4.78, 5) is 2.49. The Hall–Kier alpha value is -0.900. The highest BCUT2D eigenvalue weighted by molar-refractivity contribution is 5.14. The summed E-state index contributed by atoms with van der Waals surface area (Å²) < 4.78 is 11.5. The molecule has 2 unspecified atom stereocenters. The largest absolute Gasteiger partial charge is 0.352 e. The van der Waals surface area contributed by atoms with Crippen LogP contribution in [-0.4, -0.2) is 37.5 Å². The van der Waals surface area contributed by atoms with Gasteiger partial charge in [0.05, 0.1) is 6.61 Å². The van der Waals surface area contributed by atoms with Crippen molar-refractivity contribution >= 4 is 0 Å². The summed E-state index contributed by atoms with van der Waals surface area (Å²) in [6.45, 7) is 4.77. The molecule has 2 fully saturated rings. The Morgan fingerprint density at radius 3 is 2.83 bits per heavy atom. The van der Waals surface area contributed by atoms with Gasteiger partial charge >= 0.3 is 0 Å². The normalized spacial score (nSPS) is 29.6. The van der Waals surface area contributed by atoms with E-state index in [4.69, 9.17) is 9.47 Å². The van der Waals surface area contributed by atoms with Gasteiger partial charge in [0, 0.05) is 32.2 Å². The Morgan fingerprint density at radius 2 is 1.94 bits per heavy atom. The van der Waals surface area contributed by atoms with Crippen LogP contribution in [0.15, 0.2) is 30.3 Å². The Morgan fingerprint density at radius 1 is 1.11 bits per heavy atom. The van der Waals surface area contributed by atoms with Gasteiger partial charge in [0.15, 0.2) is 6.29 Å². The van der Waals surface area contributed by atoms with Crippen LogP contribution in [0, 0.1) is 5.92 Å². The number of rotatable bonds is 2. The monoisotopic (exact) mass is 247 g/mol. The van der Waals surface area contributed by atoms with Crippen LogP contribution in [0.5, 0.6) is 0 Å². The highest BCUT2D eigenvalue weighted by Gasteiger charge is 2.30. The Labute approximate surface area is 109 Å². The van der Waals surface area contributed by atoms with Crippen molar-refractivity contribution in [3.05, 3.63) is 35.9 Å². The van der Waals surface area contributed by atoms with Crippen molar-refractivity contribution in [3.63, 3.8) is 0 Å². The molecule has 3 heteroatoms. The van der Waals surface area contributed by atoms with Crippen LogP contribution in [0.3, 0.4) is 0 Å². The van der Waals surface area contributed by atoms with E-state index in [1.807, 2.05) is 0 Å². The van der Waals surface area contributed by atoms with Gasteiger partial charge in [-0.25, -0.2) is 0 Å². The van der Waals surface area contributed by atoms with Crippen LogP contribution in [0.25, 0.3) is 0 Å². The zero-order chi connectivity index (χ0) is 12.2. The van der Waals surface area contributed by atoms with Gasteiger partial charge < -0.3 is 9.47 Å². The molecule has 0 aliphatic carbocycles. The predicted octanol–water partition coefficient (Wildman–Crippen LogP) is 2.27. The molecule has 0 aromatic heterocycles. The SMILES string of the molecule is c1ccc(CN2CCOC3OCCCC3C2)cc1. The fourth-order valence-electron chi connectivity index (χ4n) is 2.88. The van der Waals surface area contributed by atoms with E-state index in [2.05, 4.69) is 35.2 Å². The molecule has 2 aliphatic rings. The van der Waals surface area contributed by atoms with E-state index < -0.39 is 0 Å². The summed E-state index contributed by atoms with van der Waals surface area (Å²) in [5.74, 6) is 0.546. The van der Waals surface area contributed by atoms with E-state index in [1.54, 1.807) is 0 Å². The van der Waals surface area contributed by atoms with E-state index in [0.29, 0.717) is 5.92 Å². The van der Waals surface area contributed by atoms with Crippen molar-refractivity contribution in [2.75, 3.05) is 26.3 Å². The maximum atomic E-state index is 5.81. The smallest absolute Gasteiger partial charge is 0.161 e. The fraction of sp³-hybridized carbons (Fsp3) is 0.600. The first-order chi connectivity index (χ1) is 8.92. The average Bonchev–Trinajstić information content (AvgIpc) is 2.61. The minimum Gasteiger partial charge on any atom is -0.352 e. The molecule has 3 nitrogen and oxygen atoms in total. The molecule has 0 N–H and O–H groups in total. The lowest BCUT2D eigenvalue weighted by atomic mass is 10.00. The molecule has 0 bridgehead atoms. The second-order valence-corrected chi connectivity index (χ2v) is 5.23. The van der Waals surface area contributed by atoms with Crippen LogP contribution in [-0.2, 0) is 16.0 Å². The van der Waals surface area contributed by atoms with Crippen molar-refractivity contribution in [3.8, 4) is 0 Å². The van der Waals surface area contributed by atoms with Gasteiger partial charge in [0.25, 0.3) is 0 Å². The topological polar surface area (TPSA) is 21.7 Å². The van der Waals surface area contributed by atoms with Gasteiger partial charge in [-0.05, 0) is 18.4 Å². The van der Waals surface area contributed by atoms with Crippen molar-refractivity contribution in [2.24, 2.45) is 5.92 Å². The van der Waals surface area contributed by atoms with Gasteiger partial charge in [-0.2, -0.15) is 0 Å². The first kappa shape index (κ1) is 12.2. The molecule has 1 aromatic rings. The molecule has 0 spiro atoms. The third kappa shape index (κ3) is 2.91. The standard InChI is InChI=1S/C15H21NO2/c1-2-5-13(6-3-1)11-16-8-10-18-15-14(12-16)7-4-9-17-15/h1-3,5-6,14-15H,4,7-12H2. The van der Waals surface area contributed by atoms with Gasteiger partial charge in [-0.15, -0.1) is 0 Å². The third-order valence-corrected chi connectivity index (χ3v) is 3.82. The second kappa shape index (κ2) is 5.83. The summed E-state index contributed by atoms with van der Waals surface area (Å²) in [7, 11) is 0. The van der Waals surface area contributed by atoms with Crippen molar-refractivity contribution in [1.29, 1.82) is 0 Å². The third-order valence-electron chi connectivity index (χ3n) is 3.82. The van der Waals surface area contributed by atoms with E-state index in [9.17, 15) is 0 Å². The average molecular weight is 247 g/mol. The number of benzene rings is 1. The number of nitrogens with zero attached hydrogens (tertiary/aromatic N) is 1. The van der Waals surface area contributed by atoms with E-state index in [-0.39, 0.29) is 6.29 Å². The van der Waals surface area contributed by atoms with Crippen molar-refractivity contribution in [2.45, 2.75) is 25.7 Å². The first-order valence-electron chi connectivity index (χ1n) is 6.91. The van der Waals surface area contributed by atoms with E-state index in [0.717, 1.165) is 32.8 Å². The number of ether oxygens (including phenoxy) is 2. The molecule has 0 amide bonds. The highest BCUT2D eigenvalue weighted by atomic mass is 16.7. The summed E-state index contributed by atoms with van der Waals surface area (Å²) >= 11 is 0. The van der Waals surface area contributed by atoms with Gasteiger partial charge in [-0.3, -0.25) is 4.90 Å². The van der Waals surface area contributed by atoms with E-state index in [1.165, 1.54) is 18.4 Å². The zero-order valence-electron chi connectivity index (χ0n) is 10.8. The van der Waals surface area contributed by atoms with Crippen LogP contribution >= 0.6 is 0 Å². The Kier molecular flexibility index (Phi) is 3.93. The first-order valence-corrected chi connectivity index (χ1v) is 6.91. The summed E-state index contributed by atoms with van der Waals surface area (Å²) in [6, 6.07) is 10.7. The maximum Gasteiger partial charge on any atom is 0.161 e. The van der Waals surface area contributed by atoms with Crippen molar-refractivity contribution < 1.29 is 9.47 Å². The Balaban J connectivity index is 1.63. The molecule has 3 rings (SSSR count). The minimum atomic E-state index is 0.0412. The molecule has 0 radical (unpaired) electrons. The van der Waals surface area contributed by atoms with Gasteiger partial charge in [0.2, 0.25) is 0 Å². The van der Waals surface area contributed by atoms with Crippen LogP contribution < -0.4 is 0 Å². The van der Waals surface area contributed by atoms with Gasteiger partial charge in [0.1, 0.15) is 0 Å². The number of hydrogen-bond donors (Lipinski definition) is 0. The molecule has 1 aromatic carbocycles. The molecule has 2 heterocycles. The second-order valence-electron chi connectivity index (χ2n) is 5.23. The van der Waals surface area contributed by atoms with Crippen LogP contribution in [0.2, 0.25) is 0 Å². The lowest BCUT2D eigenvalue weighted by molar-refractivity contribution is -0.183. The summed E-state index contributed by atoms with van der Waals surface area (Å²) in [5, 5.41) is 0. The number of hydrogen-bond acceptors (Lipinski definition) is 3. The van der Waals surface area contributed by atoms with Crippen LogP contribution in [0.1, 0.15) is 18.4 Å². The highest BCUT2D eigenvalue weighted by Crippen LogP contribution is 2.25. The zero-order valence-corrected chi connectivity index (χ0v) is 10.8. The summed E-state index contributed by atoms with van der Waals surface area (Å²) in [5.41, 5.74) is 1.38. The molecule has 18 heavy (non-hydrogen) atoms. The molecule has 0 saturated carbocycles. The molecule has 98 valence electrons.